The van der Waals surface area contributed by atoms with Crippen molar-refractivity contribution in [3.63, 3.8) is 0 Å². The highest BCUT2D eigenvalue weighted by Gasteiger charge is 2.24. The SMILES string of the molecule is CC1C[C@@H](O)c2cc(F)ccc2O1. The predicted molar refractivity (Wildman–Crippen MR) is 46.1 cm³/mol. The first kappa shape index (κ1) is 8.51. The first-order valence-corrected chi connectivity index (χ1v) is 4.31. The molecule has 2 atom stereocenters. The van der Waals surface area contributed by atoms with Gasteiger partial charge in [0.2, 0.25) is 0 Å². The van der Waals surface area contributed by atoms with Crippen molar-refractivity contribution in [3.05, 3.63) is 29.6 Å². The monoisotopic (exact) mass is 182 g/mol. The number of benzene rings is 1. The summed E-state index contributed by atoms with van der Waals surface area (Å²) in [5.41, 5.74) is 0.554. The van der Waals surface area contributed by atoms with Gasteiger partial charge in [-0.3, -0.25) is 0 Å². The van der Waals surface area contributed by atoms with E-state index in [1.54, 1.807) is 6.07 Å². The van der Waals surface area contributed by atoms with Crippen molar-refractivity contribution in [2.45, 2.75) is 25.6 Å². The van der Waals surface area contributed by atoms with E-state index in [1.807, 2.05) is 6.92 Å². The Morgan fingerprint density at radius 3 is 3.08 bits per heavy atom. The van der Waals surface area contributed by atoms with Crippen molar-refractivity contribution in [2.24, 2.45) is 0 Å². The summed E-state index contributed by atoms with van der Waals surface area (Å²) in [6.07, 6.45) is -0.0846. The summed E-state index contributed by atoms with van der Waals surface area (Å²) in [6.45, 7) is 1.88. The van der Waals surface area contributed by atoms with E-state index in [4.69, 9.17) is 4.74 Å². The van der Waals surface area contributed by atoms with E-state index in [9.17, 15) is 9.50 Å². The molecule has 1 aliphatic heterocycles. The van der Waals surface area contributed by atoms with Crippen molar-refractivity contribution < 1.29 is 14.2 Å². The molecule has 0 radical (unpaired) electrons. The Kier molecular flexibility index (Phi) is 1.96. The minimum Gasteiger partial charge on any atom is -0.490 e. The normalized spacial score (nSPS) is 26.4. The molecule has 1 aliphatic rings. The van der Waals surface area contributed by atoms with Gasteiger partial charge in [-0.2, -0.15) is 0 Å². The number of fused-ring (bicyclic) bond motifs is 1. The number of aliphatic hydroxyl groups is 1. The lowest BCUT2D eigenvalue weighted by Crippen LogP contribution is -2.22. The van der Waals surface area contributed by atoms with Crippen molar-refractivity contribution in [1.29, 1.82) is 0 Å². The Hall–Kier alpha value is -1.09. The molecule has 0 bridgehead atoms. The van der Waals surface area contributed by atoms with Crippen LogP contribution < -0.4 is 4.74 Å². The molecule has 1 unspecified atom stereocenters. The second kappa shape index (κ2) is 3.00. The molecule has 1 aromatic rings. The van der Waals surface area contributed by atoms with Crippen molar-refractivity contribution in [2.75, 3.05) is 0 Å². The zero-order valence-corrected chi connectivity index (χ0v) is 7.33. The van der Waals surface area contributed by atoms with E-state index in [2.05, 4.69) is 0 Å². The molecule has 1 N–H and O–H groups in total. The van der Waals surface area contributed by atoms with Gasteiger partial charge < -0.3 is 9.84 Å². The molecule has 0 aromatic heterocycles. The van der Waals surface area contributed by atoms with Crippen LogP contribution in [0.5, 0.6) is 5.75 Å². The van der Waals surface area contributed by atoms with Gasteiger partial charge in [0.1, 0.15) is 11.6 Å². The third kappa shape index (κ3) is 1.52. The van der Waals surface area contributed by atoms with Crippen LogP contribution in [0.15, 0.2) is 18.2 Å². The largest absolute Gasteiger partial charge is 0.490 e. The summed E-state index contributed by atoms with van der Waals surface area (Å²) in [5.74, 6) is 0.253. The third-order valence-electron chi connectivity index (χ3n) is 2.21. The number of hydrogen-bond acceptors (Lipinski definition) is 2. The molecule has 2 rings (SSSR count). The summed E-state index contributed by atoms with van der Waals surface area (Å²) in [7, 11) is 0. The Bertz CT molecular complexity index is 325. The lowest BCUT2D eigenvalue weighted by Gasteiger charge is -2.27. The van der Waals surface area contributed by atoms with Crippen LogP contribution in [0.25, 0.3) is 0 Å². The highest BCUT2D eigenvalue weighted by Crippen LogP contribution is 2.34. The second-order valence-corrected chi connectivity index (χ2v) is 3.36. The molecule has 0 spiro atoms. The van der Waals surface area contributed by atoms with Crippen LogP contribution >= 0.6 is 0 Å². The maximum atomic E-state index is 12.8. The van der Waals surface area contributed by atoms with Crippen LogP contribution in [0.2, 0.25) is 0 Å². The van der Waals surface area contributed by atoms with E-state index in [1.165, 1.54) is 12.1 Å². The maximum absolute atomic E-state index is 12.8. The quantitative estimate of drug-likeness (QED) is 0.665. The van der Waals surface area contributed by atoms with Gasteiger partial charge >= 0.3 is 0 Å². The van der Waals surface area contributed by atoms with E-state index in [0.29, 0.717) is 17.7 Å². The molecule has 1 aromatic carbocycles. The van der Waals surface area contributed by atoms with Crippen LogP contribution in [0.1, 0.15) is 25.0 Å². The van der Waals surface area contributed by atoms with Gasteiger partial charge in [-0.15, -0.1) is 0 Å². The molecular formula is C10H11FO2. The molecule has 1 heterocycles. The van der Waals surface area contributed by atoms with Gasteiger partial charge in [0, 0.05) is 12.0 Å². The standard InChI is InChI=1S/C10H11FO2/c1-6-4-9(12)8-5-7(11)2-3-10(8)13-6/h2-3,5-6,9,12H,4H2,1H3/t6?,9-/m1/s1. The number of ether oxygens (including phenoxy) is 1. The van der Waals surface area contributed by atoms with Crippen LogP contribution in [0.4, 0.5) is 4.39 Å². The molecule has 0 aliphatic carbocycles. The third-order valence-corrected chi connectivity index (χ3v) is 2.21. The zero-order valence-electron chi connectivity index (χ0n) is 7.33. The number of rotatable bonds is 0. The lowest BCUT2D eigenvalue weighted by atomic mass is 10.00. The fraction of sp³-hybridized carbons (Fsp3) is 0.400. The van der Waals surface area contributed by atoms with E-state index in [0.717, 1.165) is 0 Å². The van der Waals surface area contributed by atoms with Gasteiger partial charge in [0.15, 0.2) is 0 Å². The van der Waals surface area contributed by atoms with Gasteiger partial charge in [-0.1, -0.05) is 0 Å². The second-order valence-electron chi connectivity index (χ2n) is 3.36. The first-order chi connectivity index (χ1) is 6.16. The van der Waals surface area contributed by atoms with E-state index in [-0.39, 0.29) is 11.9 Å². The van der Waals surface area contributed by atoms with Gasteiger partial charge in [0.05, 0.1) is 12.2 Å². The number of halogens is 1. The van der Waals surface area contributed by atoms with Crippen molar-refractivity contribution in [3.8, 4) is 5.75 Å². The maximum Gasteiger partial charge on any atom is 0.125 e. The van der Waals surface area contributed by atoms with E-state index >= 15 is 0 Å². The summed E-state index contributed by atoms with van der Waals surface area (Å²) >= 11 is 0. The van der Waals surface area contributed by atoms with Crippen LogP contribution in [0, 0.1) is 5.82 Å². The fourth-order valence-corrected chi connectivity index (χ4v) is 1.59. The zero-order chi connectivity index (χ0) is 9.42. The Balaban J connectivity index is 2.43. The summed E-state index contributed by atoms with van der Waals surface area (Å²) in [5, 5.41) is 9.61. The fourth-order valence-electron chi connectivity index (χ4n) is 1.59. The Morgan fingerprint density at radius 2 is 2.31 bits per heavy atom. The Morgan fingerprint density at radius 1 is 1.54 bits per heavy atom. The smallest absolute Gasteiger partial charge is 0.125 e. The molecule has 13 heavy (non-hydrogen) atoms. The molecular weight excluding hydrogens is 171 g/mol. The highest BCUT2D eigenvalue weighted by atomic mass is 19.1. The molecule has 0 saturated heterocycles. The van der Waals surface area contributed by atoms with E-state index < -0.39 is 6.10 Å². The first-order valence-electron chi connectivity index (χ1n) is 4.31. The van der Waals surface area contributed by atoms with Crippen molar-refractivity contribution in [1.82, 2.24) is 0 Å². The molecule has 0 fully saturated rings. The molecule has 70 valence electrons. The minimum absolute atomic E-state index is 0.00652. The molecule has 0 saturated carbocycles. The molecule has 2 nitrogen and oxygen atoms in total. The van der Waals surface area contributed by atoms with Gasteiger partial charge in [-0.05, 0) is 25.1 Å². The lowest BCUT2D eigenvalue weighted by molar-refractivity contribution is 0.0745. The highest BCUT2D eigenvalue weighted by molar-refractivity contribution is 5.37. The van der Waals surface area contributed by atoms with Crippen LogP contribution in [0.3, 0.4) is 0 Å². The summed E-state index contributed by atoms with van der Waals surface area (Å²) < 4.78 is 18.2. The number of hydrogen-bond donors (Lipinski definition) is 1. The van der Waals surface area contributed by atoms with Crippen molar-refractivity contribution >= 4 is 0 Å². The predicted octanol–water partition coefficient (Wildman–Crippen LogP) is 2.03. The van der Waals surface area contributed by atoms with Crippen LogP contribution in [-0.4, -0.2) is 11.2 Å². The minimum atomic E-state index is -0.602. The molecule has 0 amide bonds. The average Bonchev–Trinajstić information content (AvgIpc) is 2.06. The Labute approximate surface area is 76.0 Å². The average molecular weight is 182 g/mol. The summed E-state index contributed by atoms with van der Waals surface area (Å²) in [6, 6.07) is 4.22. The van der Waals surface area contributed by atoms with Gasteiger partial charge in [-0.25, -0.2) is 4.39 Å². The number of aliphatic hydroxyl groups excluding tert-OH is 1. The van der Waals surface area contributed by atoms with Crippen LogP contribution in [-0.2, 0) is 0 Å². The van der Waals surface area contributed by atoms with Gasteiger partial charge in [0.25, 0.3) is 0 Å². The topological polar surface area (TPSA) is 29.5 Å². The molecule has 3 heteroatoms. The summed E-state index contributed by atoms with van der Waals surface area (Å²) in [4.78, 5) is 0.